The van der Waals surface area contributed by atoms with E-state index in [0.29, 0.717) is 72.4 Å². The van der Waals surface area contributed by atoms with Crippen molar-refractivity contribution in [1.82, 2.24) is 4.90 Å². The summed E-state index contributed by atoms with van der Waals surface area (Å²) in [5.74, 6) is -0.0542. The number of carbonyl (C=O) groups excluding carboxylic acids is 1. The van der Waals surface area contributed by atoms with Crippen molar-refractivity contribution in [2.75, 3.05) is 65.9 Å². The van der Waals surface area contributed by atoms with Gasteiger partial charge in [-0.2, -0.15) is 0 Å². The van der Waals surface area contributed by atoms with Gasteiger partial charge in [0.2, 0.25) is 5.91 Å². The Labute approximate surface area is 126 Å². The number of rotatable bonds is 2. The SMILES string of the molecule is CCC(N)C(=O)N1CCOCCOCCOCCOCC1. The Morgan fingerprint density at radius 1 is 0.905 bits per heavy atom. The molecule has 0 aliphatic carbocycles. The standard InChI is InChI=1S/C14H28N2O5/c1-2-13(15)14(17)16-3-5-18-7-9-20-11-12-21-10-8-19-6-4-16/h13H,2-12,15H2,1H3. The molecule has 0 spiro atoms. The van der Waals surface area contributed by atoms with Gasteiger partial charge in [0.05, 0.1) is 58.9 Å². The highest BCUT2D eigenvalue weighted by Gasteiger charge is 2.19. The number of ether oxygens (including phenoxy) is 4. The number of carbonyl (C=O) groups is 1. The van der Waals surface area contributed by atoms with E-state index in [1.165, 1.54) is 0 Å². The first kappa shape index (κ1) is 18.3. The van der Waals surface area contributed by atoms with Gasteiger partial charge in [-0.15, -0.1) is 0 Å². The summed E-state index contributed by atoms with van der Waals surface area (Å²) in [6.45, 7) is 7.08. The fourth-order valence-electron chi connectivity index (χ4n) is 1.85. The Balaban J connectivity index is 2.41. The Hall–Kier alpha value is -0.730. The van der Waals surface area contributed by atoms with Crippen LogP contribution in [0.5, 0.6) is 0 Å². The van der Waals surface area contributed by atoms with Crippen LogP contribution in [0.25, 0.3) is 0 Å². The van der Waals surface area contributed by atoms with E-state index in [1.807, 2.05) is 6.92 Å². The Morgan fingerprint density at radius 2 is 1.29 bits per heavy atom. The van der Waals surface area contributed by atoms with Crippen molar-refractivity contribution >= 4 is 5.91 Å². The first-order valence-corrected chi connectivity index (χ1v) is 7.61. The lowest BCUT2D eigenvalue weighted by atomic mass is 10.2. The molecule has 0 aromatic carbocycles. The van der Waals surface area contributed by atoms with Crippen molar-refractivity contribution in [3.63, 3.8) is 0 Å². The molecule has 7 nitrogen and oxygen atoms in total. The highest BCUT2D eigenvalue weighted by atomic mass is 16.6. The second-order valence-corrected chi connectivity index (χ2v) is 4.79. The van der Waals surface area contributed by atoms with E-state index in [2.05, 4.69) is 0 Å². The van der Waals surface area contributed by atoms with Crippen molar-refractivity contribution in [3.8, 4) is 0 Å². The van der Waals surface area contributed by atoms with Crippen LogP contribution in [0.1, 0.15) is 13.3 Å². The third kappa shape index (κ3) is 8.33. The molecule has 0 aromatic rings. The van der Waals surface area contributed by atoms with Crippen LogP contribution in [0.3, 0.4) is 0 Å². The average Bonchev–Trinajstić information content (AvgIpc) is 2.52. The van der Waals surface area contributed by atoms with Gasteiger partial charge in [0.25, 0.3) is 0 Å². The number of hydrogen-bond acceptors (Lipinski definition) is 6. The maximum atomic E-state index is 12.2. The fraction of sp³-hybridized carbons (Fsp3) is 0.929. The van der Waals surface area contributed by atoms with Crippen LogP contribution in [0.2, 0.25) is 0 Å². The van der Waals surface area contributed by atoms with Crippen molar-refractivity contribution in [1.29, 1.82) is 0 Å². The second kappa shape index (κ2) is 11.9. The molecule has 0 radical (unpaired) electrons. The molecule has 0 aromatic heterocycles. The summed E-state index contributed by atoms with van der Waals surface area (Å²) in [6.07, 6.45) is 0.624. The highest BCUT2D eigenvalue weighted by Crippen LogP contribution is 1.98. The molecule has 1 saturated heterocycles. The Morgan fingerprint density at radius 3 is 1.67 bits per heavy atom. The summed E-state index contributed by atoms with van der Waals surface area (Å²) in [5, 5.41) is 0. The summed E-state index contributed by atoms with van der Waals surface area (Å²) < 4.78 is 21.6. The van der Waals surface area contributed by atoms with Gasteiger partial charge < -0.3 is 29.6 Å². The lowest BCUT2D eigenvalue weighted by Gasteiger charge is -2.25. The molecule has 1 aliphatic heterocycles. The molecule has 1 fully saturated rings. The third-order valence-electron chi connectivity index (χ3n) is 3.20. The maximum absolute atomic E-state index is 12.2. The van der Waals surface area contributed by atoms with Crippen molar-refractivity contribution in [2.45, 2.75) is 19.4 Å². The van der Waals surface area contributed by atoms with Crippen LogP contribution in [-0.2, 0) is 23.7 Å². The lowest BCUT2D eigenvalue weighted by molar-refractivity contribution is -0.134. The first-order chi connectivity index (χ1) is 10.3. The minimum Gasteiger partial charge on any atom is -0.377 e. The molecule has 21 heavy (non-hydrogen) atoms. The zero-order valence-corrected chi connectivity index (χ0v) is 12.9. The molecule has 0 saturated carbocycles. The van der Waals surface area contributed by atoms with Crippen LogP contribution < -0.4 is 5.73 Å². The molecule has 124 valence electrons. The molecule has 0 bridgehead atoms. The molecule has 1 rings (SSSR count). The molecule has 1 heterocycles. The molecule has 1 atom stereocenters. The zero-order chi connectivity index (χ0) is 15.3. The number of nitrogens with zero attached hydrogens (tertiary/aromatic N) is 1. The summed E-state index contributed by atoms with van der Waals surface area (Å²) in [7, 11) is 0. The second-order valence-electron chi connectivity index (χ2n) is 4.79. The summed E-state index contributed by atoms with van der Waals surface area (Å²) in [4.78, 5) is 13.9. The van der Waals surface area contributed by atoms with E-state index < -0.39 is 6.04 Å². The van der Waals surface area contributed by atoms with Crippen LogP contribution in [-0.4, -0.2) is 82.8 Å². The molecule has 1 unspecified atom stereocenters. The van der Waals surface area contributed by atoms with Crippen LogP contribution >= 0.6 is 0 Å². The van der Waals surface area contributed by atoms with Crippen molar-refractivity contribution in [2.24, 2.45) is 5.73 Å². The molecule has 7 heteroatoms. The predicted octanol–water partition coefficient (Wildman–Crippen LogP) is -0.368. The zero-order valence-electron chi connectivity index (χ0n) is 12.9. The minimum absolute atomic E-state index is 0.0542. The topological polar surface area (TPSA) is 83.3 Å². The average molecular weight is 304 g/mol. The quantitative estimate of drug-likeness (QED) is 0.749. The summed E-state index contributed by atoms with van der Waals surface area (Å²) in [6, 6.07) is -0.459. The maximum Gasteiger partial charge on any atom is 0.239 e. The summed E-state index contributed by atoms with van der Waals surface area (Å²) in [5.41, 5.74) is 5.82. The van der Waals surface area contributed by atoms with E-state index in [9.17, 15) is 4.79 Å². The smallest absolute Gasteiger partial charge is 0.239 e. The predicted molar refractivity (Wildman–Crippen MR) is 78.1 cm³/mol. The van der Waals surface area contributed by atoms with Gasteiger partial charge in [-0.3, -0.25) is 4.79 Å². The molecule has 2 N–H and O–H groups in total. The van der Waals surface area contributed by atoms with Gasteiger partial charge in [0, 0.05) is 13.1 Å². The van der Waals surface area contributed by atoms with Crippen molar-refractivity contribution < 1.29 is 23.7 Å². The number of hydrogen-bond donors (Lipinski definition) is 1. The third-order valence-corrected chi connectivity index (χ3v) is 3.20. The van der Waals surface area contributed by atoms with Crippen LogP contribution in [0.4, 0.5) is 0 Å². The summed E-state index contributed by atoms with van der Waals surface area (Å²) >= 11 is 0. The fourth-order valence-corrected chi connectivity index (χ4v) is 1.85. The normalized spacial score (nSPS) is 22.1. The van der Waals surface area contributed by atoms with E-state index >= 15 is 0 Å². The van der Waals surface area contributed by atoms with E-state index in [4.69, 9.17) is 24.7 Å². The molecular formula is C14H28N2O5. The van der Waals surface area contributed by atoms with E-state index in [0.717, 1.165) is 0 Å². The lowest BCUT2D eigenvalue weighted by Crippen LogP contribution is -2.46. The Bertz CT molecular complexity index is 262. The number of amides is 1. The van der Waals surface area contributed by atoms with E-state index in [1.54, 1.807) is 4.90 Å². The van der Waals surface area contributed by atoms with Gasteiger partial charge in [-0.25, -0.2) is 0 Å². The minimum atomic E-state index is -0.459. The van der Waals surface area contributed by atoms with Gasteiger partial charge >= 0.3 is 0 Å². The van der Waals surface area contributed by atoms with Gasteiger partial charge in [-0.05, 0) is 6.42 Å². The first-order valence-electron chi connectivity index (χ1n) is 7.61. The highest BCUT2D eigenvalue weighted by molar-refractivity contribution is 5.81. The van der Waals surface area contributed by atoms with Crippen LogP contribution in [0.15, 0.2) is 0 Å². The molecule has 1 aliphatic rings. The largest absolute Gasteiger partial charge is 0.377 e. The van der Waals surface area contributed by atoms with E-state index in [-0.39, 0.29) is 5.91 Å². The van der Waals surface area contributed by atoms with Gasteiger partial charge in [0.1, 0.15) is 0 Å². The van der Waals surface area contributed by atoms with Crippen molar-refractivity contribution in [3.05, 3.63) is 0 Å². The van der Waals surface area contributed by atoms with Gasteiger partial charge in [0.15, 0.2) is 0 Å². The molecular weight excluding hydrogens is 276 g/mol. The monoisotopic (exact) mass is 304 g/mol. The molecule has 1 amide bonds. The van der Waals surface area contributed by atoms with Gasteiger partial charge in [-0.1, -0.05) is 6.92 Å². The van der Waals surface area contributed by atoms with Crippen LogP contribution in [0, 0.1) is 0 Å². The number of nitrogens with two attached hydrogens (primary N) is 1. The Kier molecular flexibility index (Phi) is 10.4.